The van der Waals surface area contributed by atoms with Crippen LogP contribution in [0.1, 0.15) is 49.9 Å². The summed E-state index contributed by atoms with van der Waals surface area (Å²) in [6.07, 6.45) is 1.43. The summed E-state index contributed by atoms with van der Waals surface area (Å²) < 4.78 is 6.78. The van der Waals surface area contributed by atoms with Crippen molar-refractivity contribution in [1.82, 2.24) is 14.9 Å². The molecule has 2 heterocycles. The Bertz CT molecular complexity index is 906. The van der Waals surface area contributed by atoms with E-state index in [9.17, 15) is 14.4 Å². The average Bonchev–Trinajstić information content (AvgIpc) is 2.84. The Hall–Kier alpha value is -2.22. The third kappa shape index (κ3) is 4.12. The zero-order valence-electron chi connectivity index (χ0n) is 16.2. The third-order valence-corrected chi connectivity index (χ3v) is 5.03. The molecule has 0 saturated carbocycles. The second-order valence-electron chi connectivity index (χ2n) is 7.63. The number of aromatic nitrogens is 2. The molecule has 1 atom stereocenters. The van der Waals surface area contributed by atoms with Gasteiger partial charge in [-0.05, 0) is 39.2 Å². The minimum Gasteiger partial charge on any atom is -0.458 e. The lowest BCUT2D eigenvalue weighted by molar-refractivity contribution is -0.158. The molecule has 1 unspecified atom stereocenters. The van der Waals surface area contributed by atoms with Crippen molar-refractivity contribution < 1.29 is 14.3 Å². The average molecular weight is 379 g/mol. The molecular formula is C18H25N3O4S. The van der Waals surface area contributed by atoms with Gasteiger partial charge in [0, 0.05) is 7.05 Å². The predicted molar refractivity (Wildman–Crippen MR) is 102 cm³/mol. The van der Waals surface area contributed by atoms with Crippen molar-refractivity contribution in [3.63, 3.8) is 0 Å². The van der Waals surface area contributed by atoms with Crippen LogP contribution in [0.4, 0.5) is 0 Å². The topological polar surface area (TPSA) is 90.3 Å². The zero-order valence-corrected chi connectivity index (χ0v) is 17.0. The van der Waals surface area contributed by atoms with E-state index in [1.54, 1.807) is 34.7 Å². The molecule has 0 saturated heterocycles. The molecule has 0 bridgehead atoms. The first-order chi connectivity index (χ1) is 11.9. The molecule has 0 spiro atoms. The smallest absolute Gasteiger partial charge is 0.329 e. The Morgan fingerprint density at radius 1 is 1.31 bits per heavy atom. The Kier molecular flexibility index (Phi) is 5.55. The van der Waals surface area contributed by atoms with Crippen LogP contribution in [0.25, 0.3) is 10.2 Å². The number of carbonyl (C=O) groups is 2. The maximum absolute atomic E-state index is 12.8. The van der Waals surface area contributed by atoms with E-state index < -0.39 is 23.5 Å². The van der Waals surface area contributed by atoms with E-state index in [4.69, 9.17) is 4.74 Å². The maximum Gasteiger partial charge on any atom is 0.329 e. The normalized spacial score (nSPS) is 13.1. The van der Waals surface area contributed by atoms with Gasteiger partial charge in [-0.25, -0.2) is 9.78 Å². The van der Waals surface area contributed by atoms with Crippen LogP contribution in [0, 0.1) is 12.8 Å². The summed E-state index contributed by atoms with van der Waals surface area (Å²) >= 11 is 1.14. The number of hydrogen-bond acceptors (Lipinski definition) is 6. The lowest BCUT2D eigenvalue weighted by Gasteiger charge is -2.26. The Morgan fingerprint density at radius 2 is 1.92 bits per heavy atom. The van der Waals surface area contributed by atoms with Crippen LogP contribution in [0.15, 0.2) is 11.1 Å². The fourth-order valence-electron chi connectivity index (χ4n) is 2.50. The number of esters is 1. The van der Waals surface area contributed by atoms with Crippen molar-refractivity contribution in [1.29, 1.82) is 0 Å². The van der Waals surface area contributed by atoms with E-state index in [-0.39, 0.29) is 11.5 Å². The van der Waals surface area contributed by atoms with E-state index in [1.807, 2.05) is 13.8 Å². The molecule has 0 aromatic carbocycles. The van der Waals surface area contributed by atoms with Gasteiger partial charge >= 0.3 is 5.97 Å². The fourth-order valence-corrected chi connectivity index (χ4v) is 3.54. The maximum atomic E-state index is 12.8. The van der Waals surface area contributed by atoms with Crippen LogP contribution in [0.2, 0.25) is 0 Å². The second-order valence-corrected chi connectivity index (χ2v) is 8.62. The largest absolute Gasteiger partial charge is 0.458 e. The summed E-state index contributed by atoms with van der Waals surface area (Å²) in [4.78, 5) is 42.6. The van der Waals surface area contributed by atoms with E-state index >= 15 is 0 Å². The van der Waals surface area contributed by atoms with Crippen molar-refractivity contribution in [2.75, 3.05) is 0 Å². The van der Waals surface area contributed by atoms with Crippen molar-refractivity contribution in [3.8, 4) is 0 Å². The number of amides is 1. The summed E-state index contributed by atoms with van der Waals surface area (Å²) in [5.74, 6) is -1.03. The van der Waals surface area contributed by atoms with Crippen LogP contribution in [-0.2, 0) is 16.6 Å². The number of nitrogens with one attached hydrogen (secondary N) is 1. The van der Waals surface area contributed by atoms with Gasteiger partial charge in [-0.2, -0.15) is 0 Å². The number of ether oxygens (including phenoxy) is 1. The molecule has 2 aromatic rings. The molecule has 0 radical (unpaired) electrons. The molecule has 0 aliphatic rings. The second kappa shape index (κ2) is 7.19. The summed E-state index contributed by atoms with van der Waals surface area (Å²) in [6.45, 7) is 10.7. The van der Waals surface area contributed by atoms with Crippen molar-refractivity contribution in [3.05, 3.63) is 27.1 Å². The van der Waals surface area contributed by atoms with Crippen molar-refractivity contribution in [2.45, 2.75) is 53.2 Å². The van der Waals surface area contributed by atoms with Crippen LogP contribution in [0.3, 0.4) is 0 Å². The minimum absolute atomic E-state index is 0.144. The molecule has 1 amide bonds. The third-order valence-electron chi connectivity index (χ3n) is 3.83. The number of thiophene rings is 1. The lowest BCUT2D eigenvalue weighted by atomic mass is 10.0. The van der Waals surface area contributed by atoms with Gasteiger partial charge in [0.15, 0.2) is 0 Å². The van der Waals surface area contributed by atoms with E-state index in [0.717, 1.165) is 11.3 Å². The van der Waals surface area contributed by atoms with E-state index in [2.05, 4.69) is 10.3 Å². The molecule has 0 aliphatic carbocycles. The molecule has 142 valence electrons. The Labute approximate surface area is 156 Å². The highest BCUT2D eigenvalue weighted by molar-refractivity contribution is 7.20. The van der Waals surface area contributed by atoms with Gasteiger partial charge in [0.2, 0.25) is 0 Å². The molecular weight excluding hydrogens is 354 g/mol. The van der Waals surface area contributed by atoms with E-state index in [1.165, 1.54) is 10.9 Å². The highest BCUT2D eigenvalue weighted by Gasteiger charge is 2.30. The zero-order chi connectivity index (χ0) is 19.8. The van der Waals surface area contributed by atoms with Crippen LogP contribution < -0.4 is 10.9 Å². The highest BCUT2D eigenvalue weighted by Crippen LogP contribution is 2.27. The monoisotopic (exact) mass is 379 g/mol. The highest BCUT2D eigenvalue weighted by atomic mass is 32.1. The minimum atomic E-state index is -0.776. The van der Waals surface area contributed by atoms with E-state index in [0.29, 0.717) is 20.7 Å². The van der Waals surface area contributed by atoms with Crippen LogP contribution >= 0.6 is 11.3 Å². The van der Waals surface area contributed by atoms with Crippen LogP contribution in [0.5, 0.6) is 0 Å². The first-order valence-corrected chi connectivity index (χ1v) is 9.22. The first kappa shape index (κ1) is 20.1. The molecule has 1 N–H and O–H groups in total. The molecule has 8 heteroatoms. The summed E-state index contributed by atoms with van der Waals surface area (Å²) in [5, 5.41) is 3.19. The van der Waals surface area contributed by atoms with Crippen molar-refractivity contribution >= 4 is 33.4 Å². The van der Waals surface area contributed by atoms with Gasteiger partial charge in [-0.15, -0.1) is 11.3 Å². The fraction of sp³-hybridized carbons (Fsp3) is 0.556. The molecule has 7 nitrogen and oxygen atoms in total. The van der Waals surface area contributed by atoms with Crippen LogP contribution in [-0.4, -0.2) is 33.1 Å². The number of fused-ring (bicyclic) bond motifs is 1. The summed E-state index contributed by atoms with van der Waals surface area (Å²) in [7, 11) is 1.61. The summed E-state index contributed by atoms with van der Waals surface area (Å²) in [6, 6.07) is -0.776. The Balaban J connectivity index is 2.35. The first-order valence-electron chi connectivity index (χ1n) is 8.41. The van der Waals surface area contributed by atoms with Gasteiger partial charge in [0.05, 0.1) is 16.6 Å². The molecule has 2 aromatic heterocycles. The molecule has 0 aliphatic heterocycles. The number of aryl methyl sites for hydroxylation is 2. The molecule has 26 heavy (non-hydrogen) atoms. The number of rotatable bonds is 4. The van der Waals surface area contributed by atoms with Gasteiger partial charge in [-0.1, -0.05) is 13.8 Å². The number of nitrogens with zero attached hydrogens (tertiary/aromatic N) is 2. The lowest BCUT2D eigenvalue weighted by Crippen LogP contribution is -2.47. The van der Waals surface area contributed by atoms with Gasteiger partial charge in [0.1, 0.15) is 16.5 Å². The molecule has 0 fully saturated rings. The van der Waals surface area contributed by atoms with Gasteiger partial charge in [-0.3, -0.25) is 9.59 Å². The van der Waals surface area contributed by atoms with Crippen molar-refractivity contribution in [2.24, 2.45) is 13.0 Å². The van der Waals surface area contributed by atoms with Gasteiger partial charge in [0.25, 0.3) is 11.5 Å². The SMILES string of the molecule is Cc1c(C(=O)NC(C(=O)OC(C)(C)C)C(C)C)sc2ncn(C)c(=O)c12. The standard InChI is InChI=1S/C18H25N3O4S/c1-9(2)12(17(24)25-18(4,5)6)20-14(22)13-10(3)11-15(26-13)19-8-21(7)16(11)23/h8-9,12H,1-7H3,(H,20,22). The van der Waals surface area contributed by atoms with Gasteiger partial charge < -0.3 is 14.6 Å². The predicted octanol–water partition coefficient (Wildman–Crippen LogP) is 2.40. The summed E-state index contributed by atoms with van der Waals surface area (Å²) in [5.41, 5.74) is -0.267. The Morgan fingerprint density at radius 3 is 2.46 bits per heavy atom. The number of carbonyl (C=O) groups excluding carboxylic acids is 2. The number of hydrogen-bond donors (Lipinski definition) is 1. The quantitative estimate of drug-likeness (QED) is 0.824. The molecule has 2 rings (SSSR count).